The zero-order valence-corrected chi connectivity index (χ0v) is 23.1. The smallest absolute Gasteiger partial charge is 0.191 e. The summed E-state index contributed by atoms with van der Waals surface area (Å²) in [6, 6.07) is 10.8. The Balaban J connectivity index is 0.00000544. The van der Waals surface area contributed by atoms with E-state index >= 15 is 0 Å². The molecule has 1 aromatic carbocycles. The molecule has 1 aromatic rings. The third kappa shape index (κ3) is 12.4. The number of hydrogen-bond donors (Lipinski definition) is 3. The lowest BCUT2D eigenvalue weighted by Crippen LogP contribution is -2.53. The molecule has 0 aromatic heterocycles. The molecule has 1 aliphatic rings. The topological polar surface area (TPSA) is 76.1 Å². The Bertz CT molecular complexity index is 627. The van der Waals surface area contributed by atoms with Crippen LogP contribution in [0.4, 0.5) is 0 Å². The van der Waals surface area contributed by atoms with Crippen molar-refractivity contribution in [2.75, 3.05) is 59.3 Å². The Hall–Kier alpha value is -0.940. The Morgan fingerprint density at radius 3 is 2.39 bits per heavy atom. The van der Waals surface area contributed by atoms with Crippen molar-refractivity contribution in [2.24, 2.45) is 4.99 Å². The van der Waals surface area contributed by atoms with Crippen LogP contribution in [0.5, 0.6) is 0 Å². The first-order chi connectivity index (χ1) is 15.7. The van der Waals surface area contributed by atoms with Crippen LogP contribution < -0.4 is 16.0 Å². The van der Waals surface area contributed by atoms with Crippen LogP contribution in [0, 0.1) is 0 Å². The SMILES string of the molecule is CCCCOCCOCCNC(=NCC1(NC(C)c2ccccc2)CCOCC1)NCC.I. The first-order valence-corrected chi connectivity index (χ1v) is 12.3. The Labute approximate surface area is 217 Å². The van der Waals surface area contributed by atoms with E-state index in [2.05, 4.69) is 67.1 Å². The van der Waals surface area contributed by atoms with Crippen molar-refractivity contribution < 1.29 is 14.2 Å². The number of halogens is 1. The summed E-state index contributed by atoms with van der Waals surface area (Å²) in [5.41, 5.74) is 1.23. The largest absolute Gasteiger partial charge is 0.381 e. The second-order valence-corrected chi connectivity index (χ2v) is 8.37. The highest BCUT2D eigenvalue weighted by Crippen LogP contribution is 2.26. The van der Waals surface area contributed by atoms with Crippen LogP contribution in [0.15, 0.2) is 35.3 Å². The molecule has 1 aliphatic heterocycles. The van der Waals surface area contributed by atoms with Gasteiger partial charge in [0, 0.05) is 44.5 Å². The van der Waals surface area contributed by atoms with Gasteiger partial charge in [0.25, 0.3) is 0 Å². The van der Waals surface area contributed by atoms with Crippen molar-refractivity contribution in [2.45, 2.75) is 58.0 Å². The standard InChI is InChI=1S/C25H44N4O3.HI/c1-4-6-15-30-19-20-32-18-14-27-24(26-5-2)28-21-25(12-16-31-17-13-25)29-22(3)23-10-8-7-9-11-23;/h7-11,22,29H,4-6,12-21H2,1-3H3,(H2,26,27,28);1H. The zero-order chi connectivity index (χ0) is 22.9. The first kappa shape index (κ1) is 30.1. The Morgan fingerprint density at radius 1 is 1.03 bits per heavy atom. The highest BCUT2D eigenvalue weighted by atomic mass is 127. The monoisotopic (exact) mass is 576 g/mol. The lowest BCUT2D eigenvalue weighted by molar-refractivity contribution is 0.0374. The summed E-state index contributed by atoms with van der Waals surface area (Å²) in [6.07, 6.45) is 4.17. The highest BCUT2D eigenvalue weighted by Gasteiger charge is 2.34. The van der Waals surface area contributed by atoms with Gasteiger partial charge in [-0.25, -0.2) is 0 Å². The van der Waals surface area contributed by atoms with E-state index in [4.69, 9.17) is 19.2 Å². The number of hydrogen-bond acceptors (Lipinski definition) is 5. The fraction of sp³-hybridized carbons (Fsp3) is 0.720. The minimum absolute atomic E-state index is 0. The number of rotatable bonds is 15. The van der Waals surface area contributed by atoms with Crippen LogP contribution in [-0.4, -0.2) is 70.8 Å². The van der Waals surface area contributed by atoms with E-state index in [0.717, 1.165) is 58.0 Å². The summed E-state index contributed by atoms with van der Waals surface area (Å²) in [6.45, 7) is 13.0. The van der Waals surface area contributed by atoms with Crippen LogP contribution in [0.2, 0.25) is 0 Å². The van der Waals surface area contributed by atoms with Gasteiger partial charge in [0.1, 0.15) is 0 Å². The van der Waals surface area contributed by atoms with Gasteiger partial charge in [-0.2, -0.15) is 0 Å². The zero-order valence-electron chi connectivity index (χ0n) is 20.7. The van der Waals surface area contributed by atoms with E-state index < -0.39 is 0 Å². The van der Waals surface area contributed by atoms with Gasteiger partial charge in [0.2, 0.25) is 0 Å². The maximum atomic E-state index is 5.66. The number of aliphatic imine (C=N–C) groups is 1. The molecule has 0 radical (unpaired) electrons. The third-order valence-electron chi connectivity index (χ3n) is 5.71. The summed E-state index contributed by atoms with van der Waals surface area (Å²) in [7, 11) is 0. The van der Waals surface area contributed by atoms with Crippen LogP contribution >= 0.6 is 24.0 Å². The molecule has 0 bridgehead atoms. The van der Waals surface area contributed by atoms with Crippen LogP contribution in [0.3, 0.4) is 0 Å². The fourth-order valence-electron chi connectivity index (χ4n) is 3.78. The predicted molar refractivity (Wildman–Crippen MR) is 147 cm³/mol. The molecule has 1 unspecified atom stereocenters. The van der Waals surface area contributed by atoms with Gasteiger partial charge in [0.15, 0.2) is 5.96 Å². The van der Waals surface area contributed by atoms with Crippen LogP contribution in [0.1, 0.15) is 58.1 Å². The molecule has 33 heavy (non-hydrogen) atoms. The summed E-state index contributed by atoms with van der Waals surface area (Å²) in [5, 5.41) is 10.6. The molecule has 2 rings (SSSR count). The molecule has 1 heterocycles. The van der Waals surface area contributed by atoms with E-state index in [1.165, 1.54) is 5.56 Å². The van der Waals surface area contributed by atoms with Gasteiger partial charge < -0.3 is 30.2 Å². The van der Waals surface area contributed by atoms with Gasteiger partial charge in [-0.1, -0.05) is 43.7 Å². The van der Waals surface area contributed by atoms with Crippen LogP contribution in [0.25, 0.3) is 0 Å². The number of nitrogens with zero attached hydrogens (tertiary/aromatic N) is 1. The summed E-state index contributed by atoms with van der Waals surface area (Å²) < 4.78 is 16.8. The maximum Gasteiger partial charge on any atom is 0.191 e. The minimum atomic E-state index is -0.0673. The molecule has 1 fully saturated rings. The van der Waals surface area contributed by atoms with Crippen molar-refractivity contribution >= 4 is 29.9 Å². The average Bonchev–Trinajstić information content (AvgIpc) is 2.82. The van der Waals surface area contributed by atoms with Crippen molar-refractivity contribution in [1.29, 1.82) is 0 Å². The molecule has 190 valence electrons. The molecule has 0 aliphatic carbocycles. The van der Waals surface area contributed by atoms with E-state index in [1.54, 1.807) is 0 Å². The van der Waals surface area contributed by atoms with Gasteiger partial charge in [-0.3, -0.25) is 4.99 Å². The molecule has 0 amide bonds. The van der Waals surface area contributed by atoms with Gasteiger partial charge >= 0.3 is 0 Å². The molecule has 3 N–H and O–H groups in total. The normalized spacial score (nSPS) is 16.6. The van der Waals surface area contributed by atoms with Crippen molar-refractivity contribution in [3.05, 3.63) is 35.9 Å². The highest BCUT2D eigenvalue weighted by molar-refractivity contribution is 14.0. The quantitative estimate of drug-likeness (QED) is 0.127. The molecular weight excluding hydrogens is 531 g/mol. The van der Waals surface area contributed by atoms with E-state index in [1.807, 2.05) is 0 Å². The summed E-state index contributed by atoms with van der Waals surface area (Å²) in [5.74, 6) is 0.829. The molecule has 0 saturated carbocycles. The molecular formula is C25H45IN4O3. The van der Waals surface area contributed by atoms with E-state index in [-0.39, 0.29) is 35.6 Å². The van der Waals surface area contributed by atoms with Gasteiger partial charge in [-0.05, 0) is 38.7 Å². The second kappa shape index (κ2) is 18.4. The Morgan fingerprint density at radius 2 is 1.73 bits per heavy atom. The predicted octanol–water partition coefficient (Wildman–Crippen LogP) is 3.89. The number of ether oxygens (including phenoxy) is 3. The fourth-order valence-corrected chi connectivity index (χ4v) is 3.78. The summed E-state index contributed by atoms with van der Waals surface area (Å²) >= 11 is 0. The lowest BCUT2D eigenvalue weighted by Gasteiger charge is -2.39. The molecule has 0 spiro atoms. The average molecular weight is 577 g/mol. The first-order valence-electron chi connectivity index (χ1n) is 12.3. The minimum Gasteiger partial charge on any atom is -0.381 e. The van der Waals surface area contributed by atoms with Gasteiger partial charge in [0.05, 0.1) is 26.4 Å². The number of benzene rings is 1. The second-order valence-electron chi connectivity index (χ2n) is 8.37. The Kier molecular flexibility index (Phi) is 16.8. The maximum absolute atomic E-state index is 5.66. The molecule has 1 saturated heterocycles. The van der Waals surface area contributed by atoms with Crippen molar-refractivity contribution in [1.82, 2.24) is 16.0 Å². The molecule has 7 nitrogen and oxygen atoms in total. The molecule has 8 heteroatoms. The van der Waals surface area contributed by atoms with Crippen molar-refractivity contribution in [3.8, 4) is 0 Å². The van der Waals surface area contributed by atoms with E-state index in [9.17, 15) is 0 Å². The summed E-state index contributed by atoms with van der Waals surface area (Å²) in [4.78, 5) is 4.92. The van der Waals surface area contributed by atoms with Gasteiger partial charge in [-0.15, -0.1) is 24.0 Å². The van der Waals surface area contributed by atoms with Crippen molar-refractivity contribution in [3.63, 3.8) is 0 Å². The molecule has 1 atom stereocenters. The number of guanidine groups is 1. The number of unbranched alkanes of at least 4 members (excludes halogenated alkanes) is 1. The lowest BCUT2D eigenvalue weighted by atomic mass is 9.88. The number of nitrogens with one attached hydrogen (secondary N) is 3. The van der Waals surface area contributed by atoms with E-state index in [0.29, 0.717) is 32.9 Å². The third-order valence-corrected chi connectivity index (χ3v) is 5.71. The van der Waals surface area contributed by atoms with Crippen LogP contribution in [-0.2, 0) is 14.2 Å².